The van der Waals surface area contributed by atoms with Gasteiger partial charge in [-0.15, -0.1) is 0 Å². The molecule has 6 nitrogen and oxygen atoms in total. The molecule has 3 rings (SSSR count). The van der Waals surface area contributed by atoms with Crippen LogP contribution in [0.1, 0.15) is 39.6 Å². The van der Waals surface area contributed by atoms with E-state index in [9.17, 15) is 9.59 Å². The van der Waals surface area contributed by atoms with E-state index >= 15 is 0 Å². The largest absolute Gasteiger partial charge is 0.477 e. The van der Waals surface area contributed by atoms with E-state index in [2.05, 4.69) is 4.98 Å². The lowest BCUT2D eigenvalue weighted by atomic mass is 10.1. The third-order valence-electron chi connectivity index (χ3n) is 4.10. The average molecular weight is 361 g/mol. The highest BCUT2D eigenvalue weighted by molar-refractivity contribution is 6.30. The zero-order valence-corrected chi connectivity index (χ0v) is 14.3. The molecule has 0 spiro atoms. The van der Waals surface area contributed by atoms with Crippen LogP contribution < -0.4 is 0 Å². The maximum Gasteiger partial charge on any atom is 0.354 e. The van der Waals surface area contributed by atoms with Gasteiger partial charge in [-0.3, -0.25) is 4.79 Å². The van der Waals surface area contributed by atoms with E-state index in [4.69, 9.17) is 21.4 Å². The summed E-state index contributed by atoms with van der Waals surface area (Å²) in [6.45, 7) is 2.61. The summed E-state index contributed by atoms with van der Waals surface area (Å²) in [6, 6.07) is 11.6. The molecule has 0 bridgehead atoms. The summed E-state index contributed by atoms with van der Waals surface area (Å²) in [7, 11) is 0. The minimum Gasteiger partial charge on any atom is -0.477 e. The Morgan fingerprint density at radius 3 is 2.68 bits per heavy atom. The first kappa shape index (κ1) is 17.4. The van der Waals surface area contributed by atoms with Crippen LogP contribution in [0.2, 0.25) is 5.02 Å². The van der Waals surface area contributed by atoms with E-state index in [-0.39, 0.29) is 29.4 Å². The first-order valence-electron chi connectivity index (χ1n) is 7.84. The molecular formula is C18H17ClN2O4. The van der Waals surface area contributed by atoms with Crippen molar-refractivity contribution in [2.24, 2.45) is 0 Å². The highest BCUT2D eigenvalue weighted by Crippen LogP contribution is 2.27. The molecule has 1 fully saturated rings. The molecule has 1 aromatic carbocycles. The number of ether oxygens (including phenoxy) is 1. The molecule has 1 aromatic heterocycles. The van der Waals surface area contributed by atoms with Gasteiger partial charge in [-0.25, -0.2) is 9.78 Å². The highest BCUT2D eigenvalue weighted by Gasteiger charge is 2.32. The van der Waals surface area contributed by atoms with Crippen LogP contribution >= 0.6 is 11.6 Å². The number of pyridine rings is 1. The number of amides is 1. The Hall–Kier alpha value is -2.44. The van der Waals surface area contributed by atoms with Gasteiger partial charge in [0.2, 0.25) is 0 Å². The van der Waals surface area contributed by atoms with Crippen LogP contribution in [0.3, 0.4) is 0 Å². The van der Waals surface area contributed by atoms with Crippen molar-refractivity contribution in [3.05, 3.63) is 64.4 Å². The van der Waals surface area contributed by atoms with Gasteiger partial charge in [0.15, 0.2) is 0 Å². The van der Waals surface area contributed by atoms with Crippen molar-refractivity contribution in [1.29, 1.82) is 0 Å². The zero-order valence-electron chi connectivity index (χ0n) is 13.6. The van der Waals surface area contributed by atoms with Crippen molar-refractivity contribution in [3.63, 3.8) is 0 Å². The fourth-order valence-corrected chi connectivity index (χ4v) is 2.97. The first-order chi connectivity index (χ1) is 12.0. The molecule has 2 aromatic rings. The molecule has 0 saturated carbocycles. The van der Waals surface area contributed by atoms with E-state index in [0.717, 1.165) is 5.56 Å². The quantitative estimate of drug-likeness (QED) is 0.910. The number of nitrogens with zero attached hydrogens (tertiary/aromatic N) is 2. The topological polar surface area (TPSA) is 79.7 Å². The van der Waals surface area contributed by atoms with Crippen molar-refractivity contribution in [1.82, 2.24) is 9.88 Å². The Balaban J connectivity index is 1.83. The fourth-order valence-electron chi connectivity index (χ4n) is 2.77. The molecule has 2 unspecified atom stereocenters. The van der Waals surface area contributed by atoms with Crippen LogP contribution in [-0.4, -0.2) is 46.1 Å². The molecular weight excluding hydrogens is 344 g/mol. The lowest BCUT2D eigenvalue weighted by Gasteiger charge is -2.38. The molecule has 0 radical (unpaired) electrons. The molecule has 1 amide bonds. The molecule has 7 heteroatoms. The maximum atomic E-state index is 12.8. The second-order valence-electron chi connectivity index (χ2n) is 5.90. The molecule has 1 saturated heterocycles. The van der Waals surface area contributed by atoms with E-state index in [0.29, 0.717) is 18.2 Å². The summed E-state index contributed by atoms with van der Waals surface area (Å²) in [4.78, 5) is 29.5. The zero-order chi connectivity index (χ0) is 18.0. The molecule has 25 heavy (non-hydrogen) atoms. The number of halogens is 1. The summed E-state index contributed by atoms with van der Waals surface area (Å²) in [5, 5.41) is 9.66. The van der Waals surface area contributed by atoms with Crippen molar-refractivity contribution in [2.75, 3.05) is 13.2 Å². The lowest BCUT2D eigenvalue weighted by Crippen LogP contribution is -2.48. The van der Waals surface area contributed by atoms with E-state index in [1.807, 2.05) is 25.1 Å². The summed E-state index contributed by atoms with van der Waals surface area (Å²) in [5.41, 5.74) is 0.848. The predicted molar refractivity (Wildman–Crippen MR) is 91.8 cm³/mol. The monoisotopic (exact) mass is 360 g/mol. The van der Waals surface area contributed by atoms with Crippen LogP contribution in [0, 0.1) is 0 Å². The van der Waals surface area contributed by atoms with E-state index < -0.39 is 5.97 Å². The third kappa shape index (κ3) is 3.81. The summed E-state index contributed by atoms with van der Waals surface area (Å²) in [6.07, 6.45) is -0.290. The molecule has 1 N–H and O–H groups in total. The summed E-state index contributed by atoms with van der Waals surface area (Å²) < 4.78 is 5.84. The smallest absolute Gasteiger partial charge is 0.354 e. The summed E-state index contributed by atoms with van der Waals surface area (Å²) >= 11 is 6.03. The van der Waals surface area contributed by atoms with Crippen LogP contribution in [0.5, 0.6) is 0 Å². The van der Waals surface area contributed by atoms with Crippen molar-refractivity contribution in [3.8, 4) is 0 Å². The van der Waals surface area contributed by atoms with Crippen molar-refractivity contribution >= 4 is 23.5 Å². The molecule has 2 atom stereocenters. The minimum atomic E-state index is -1.17. The average Bonchev–Trinajstić information content (AvgIpc) is 2.61. The van der Waals surface area contributed by atoms with E-state index in [1.54, 1.807) is 11.0 Å². The molecule has 1 aliphatic rings. The van der Waals surface area contributed by atoms with Gasteiger partial charge in [-0.05, 0) is 36.8 Å². The number of hydrogen-bond acceptors (Lipinski definition) is 4. The van der Waals surface area contributed by atoms with Gasteiger partial charge >= 0.3 is 5.97 Å². The molecule has 2 heterocycles. The number of rotatable bonds is 3. The third-order valence-corrected chi connectivity index (χ3v) is 4.34. The second kappa shape index (κ2) is 7.21. The standard InChI is InChI=1S/C18H17ClN2O4/c1-11-10-25-16(12-4-2-5-13(19)8-12)9-21(11)17(22)14-6-3-7-15(20-14)18(23)24/h2-8,11,16H,9-10H2,1H3,(H,23,24). The van der Waals surface area contributed by atoms with Gasteiger partial charge in [0.1, 0.15) is 17.5 Å². The van der Waals surface area contributed by atoms with Gasteiger partial charge in [0.05, 0.1) is 19.2 Å². The predicted octanol–water partition coefficient (Wildman–Crippen LogP) is 3.04. The Morgan fingerprint density at radius 2 is 1.96 bits per heavy atom. The van der Waals surface area contributed by atoms with Crippen molar-refractivity contribution < 1.29 is 19.4 Å². The number of carbonyl (C=O) groups is 2. The number of benzene rings is 1. The van der Waals surface area contributed by atoms with Gasteiger partial charge < -0.3 is 14.7 Å². The molecule has 130 valence electrons. The SMILES string of the molecule is CC1COC(c2cccc(Cl)c2)CN1C(=O)c1cccc(C(=O)O)n1. The summed E-state index contributed by atoms with van der Waals surface area (Å²) in [5.74, 6) is -1.48. The number of hydrogen-bond donors (Lipinski definition) is 1. The van der Waals surface area contributed by atoms with Gasteiger partial charge in [-0.2, -0.15) is 0 Å². The Bertz CT molecular complexity index is 811. The number of aromatic carboxylic acids is 1. The Morgan fingerprint density at radius 1 is 1.24 bits per heavy atom. The molecule has 1 aliphatic heterocycles. The van der Waals surface area contributed by atoms with Crippen molar-refractivity contribution in [2.45, 2.75) is 19.1 Å². The van der Waals surface area contributed by atoms with Crippen LogP contribution in [0.4, 0.5) is 0 Å². The molecule has 0 aliphatic carbocycles. The van der Waals surface area contributed by atoms with Crippen LogP contribution in [-0.2, 0) is 4.74 Å². The van der Waals surface area contributed by atoms with Gasteiger partial charge in [0, 0.05) is 5.02 Å². The second-order valence-corrected chi connectivity index (χ2v) is 6.33. The van der Waals surface area contributed by atoms with Crippen LogP contribution in [0.15, 0.2) is 42.5 Å². The van der Waals surface area contributed by atoms with E-state index in [1.165, 1.54) is 18.2 Å². The highest BCUT2D eigenvalue weighted by atomic mass is 35.5. The normalized spacial score (nSPS) is 20.3. The number of carbonyl (C=O) groups excluding carboxylic acids is 1. The van der Waals surface area contributed by atoms with Crippen LogP contribution in [0.25, 0.3) is 0 Å². The number of morpholine rings is 1. The Labute approximate surface area is 150 Å². The Kier molecular flexibility index (Phi) is 5.01. The minimum absolute atomic E-state index is 0.110. The van der Waals surface area contributed by atoms with Gasteiger partial charge in [-0.1, -0.05) is 29.8 Å². The number of carboxylic acid groups (broad SMARTS) is 1. The number of aromatic nitrogens is 1. The maximum absolute atomic E-state index is 12.8. The number of carboxylic acids is 1. The fraction of sp³-hybridized carbons (Fsp3) is 0.278. The first-order valence-corrected chi connectivity index (χ1v) is 8.22. The van der Waals surface area contributed by atoms with Gasteiger partial charge in [0.25, 0.3) is 5.91 Å². The lowest BCUT2D eigenvalue weighted by molar-refractivity contribution is -0.0488.